The normalized spacial score (nSPS) is 21.7. The number of benzene rings is 3. The summed E-state index contributed by atoms with van der Waals surface area (Å²) < 4.78 is 92.2. The quantitative estimate of drug-likeness (QED) is 0.315. The average Bonchev–Trinajstić information content (AvgIpc) is 2.90. The smallest absolute Gasteiger partial charge is 0.393 e. The van der Waals surface area contributed by atoms with Crippen molar-refractivity contribution in [1.29, 1.82) is 0 Å². The number of hydrogen-bond donors (Lipinski definition) is 1. The molecule has 3 aromatic rings. The molecule has 0 amide bonds. The van der Waals surface area contributed by atoms with Crippen LogP contribution >= 0.6 is 0 Å². The Hall–Kier alpha value is -3.04. The number of halogens is 6. The number of methoxy groups -OCH3 is 1. The highest BCUT2D eigenvalue weighted by atomic mass is 19.4. The molecule has 0 aromatic heterocycles. The highest BCUT2D eigenvalue weighted by Crippen LogP contribution is 2.51. The van der Waals surface area contributed by atoms with Crippen molar-refractivity contribution in [3.8, 4) is 5.75 Å². The van der Waals surface area contributed by atoms with Gasteiger partial charge in [0.05, 0.1) is 25.0 Å². The van der Waals surface area contributed by atoms with E-state index in [1.807, 2.05) is 30.3 Å². The minimum Gasteiger partial charge on any atom is -0.496 e. The molecule has 1 aliphatic rings. The first-order valence-electron chi connectivity index (χ1n) is 12.4. The first-order chi connectivity index (χ1) is 18.1. The Morgan fingerprint density at radius 3 is 1.87 bits per heavy atom. The van der Waals surface area contributed by atoms with E-state index in [0.29, 0.717) is 17.9 Å². The highest BCUT2D eigenvalue weighted by molar-refractivity contribution is 5.37. The number of nitrogens with zero attached hydrogens (tertiary/aromatic N) is 1. The summed E-state index contributed by atoms with van der Waals surface area (Å²) in [5.41, 5.74) is 1.54. The van der Waals surface area contributed by atoms with E-state index in [1.165, 1.54) is 36.3 Å². The summed E-state index contributed by atoms with van der Waals surface area (Å²) in [4.78, 5) is 1.33. The molecule has 0 bridgehead atoms. The molecular formula is C29H30F6N2O. The number of piperidine rings is 1. The first-order valence-corrected chi connectivity index (χ1v) is 12.4. The first kappa shape index (κ1) is 28.0. The highest BCUT2D eigenvalue weighted by Gasteiger charge is 2.58. The van der Waals surface area contributed by atoms with Crippen molar-refractivity contribution in [2.45, 2.75) is 30.9 Å². The number of hydrogen-bond acceptors (Lipinski definition) is 3. The largest absolute Gasteiger partial charge is 0.496 e. The molecule has 0 spiro atoms. The van der Waals surface area contributed by atoms with Crippen molar-refractivity contribution in [2.24, 2.45) is 11.8 Å². The number of alkyl halides is 6. The molecule has 204 valence electrons. The van der Waals surface area contributed by atoms with Crippen LogP contribution in [0.25, 0.3) is 0 Å². The summed E-state index contributed by atoms with van der Waals surface area (Å²) in [5, 5.41) is 3.24. The van der Waals surface area contributed by atoms with Gasteiger partial charge in [0.2, 0.25) is 0 Å². The summed E-state index contributed by atoms with van der Waals surface area (Å²) in [6, 6.07) is 22.7. The third-order valence-corrected chi connectivity index (χ3v) is 7.20. The fraction of sp³-hybridized carbons (Fsp3) is 0.379. The maximum absolute atomic E-state index is 14.5. The average molecular weight is 537 g/mol. The molecule has 0 aliphatic carbocycles. The molecular weight excluding hydrogens is 506 g/mol. The second-order valence-electron chi connectivity index (χ2n) is 9.56. The van der Waals surface area contributed by atoms with Crippen LogP contribution in [-0.2, 0) is 6.54 Å². The van der Waals surface area contributed by atoms with Crippen molar-refractivity contribution in [1.82, 2.24) is 10.2 Å². The summed E-state index contributed by atoms with van der Waals surface area (Å²) in [7, 11) is 1.44. The Kier molecular flexibility index (Phi) is 8.67. The van der Waals surface area contributed by atoms with Crippen LogP contribution in [0.4, 0.5) is 26.3 Å². The predicted octanol–water partition coefficient (Wildman–Crippen LogP) is 6.98. The molecule has 9 heteroatoms. The summed E-state index contributed by atoms with van der Waals surface area (Å²) in [6.45, 7) is -0.574. The zero-order valence-corrected chi connectivity index (χ0v) is 20.8. The summed E-state index contributed by atoms with van der Waals surface area (Å²) in [6.07, 6.45) is -9.66. The van der Waals surface area contributed by atoms with Gasteiger partial charge in [0.25, 0.3) is 0 Å². The Labute approximate surface area is 218 Å². The standard InChI is InChI=1S/C29H30F6N2O/c1-38-26-15-9-8-14-22(26)25(17-36-16-20-10-4-2-5-11-20)37-18-23(28(30,31)32)27(21-12-6-3-7-13-21)24(19-37)29(33,34)35/h2-15,23-25,27,36H,16-19H2,1H3. The molecule has 3 atom stereocenters. The predicted molar refractivity (Wildman–Crippen MR) is 134 cm³/mol. The van der Waals surface area contributed by atoms with Gasteiger partial charge in [-0.1, -0.05) is 78.9 Å². The minimum absolute atomic E-state index is 0.0489. The Bertz CT molecular complexity index is 1130. The second kappa shape index (κ2) is 11.8. The molecule has 38 heavy (non-hydrogen) atoms. The van der Waals surface area contributed by atoms with Crippen LogP contribution in [0, 0.1) is 11.8 Å². The van der Waals surface area contributed by atoms with E-state index in [1.54, 1.807) is 30.3 Å². The molecule has 1 saturated heterocycles. The monoisotopic (exact) mass is 536 g/mol. The van der Waals surface area contributed by atoms with E-state index in [0.717, 1.165) is 5.56 Å². The van der Waals surface area contributed by atoms with Gasteiger partial charge in [-0.2, -0.15) is 26.3 Å². The molecule has 1 aliphatic heterocycles. The number of ether oxygens (including phenoxy) is 1. The Morgan fingerprint density at radius 1 is 0.789 bits per heavy atom. The lowest BCUT2D eigenvalue weighted by Gasteiger charge is -2.48. The van der Waals surface area contributed by atoms with Gasteiger partial charge in [-0.3, -0.25) is 4.90 Å². The number of rotatable bonds is 8. The fourth-order valence-corrected chi connectivity index (χ4v) is 5.42. The van der Waals surface area contributed by atoms with Crippen molar-refractivity contribution in [3.63, 3.8) is 0 Å². The zero-order valence-electron chi connectivity index (χ0n) is 20.8. The van der Waals surface area contributed by atoms with E-state index in [-0.39, 0.29) is 12.1 Å². The molecule has 3 nitrogen and oxygen atoms in total. The number of likely N-dealkylation sites (tertiary alicyclic amines) is 1. The van der Waals surface area contributed by atoms with Crippen LogP contribution in [-0.4, -0.2) is 44.0 Å². The Morgan fingerprint density at radius 2 is 1.32 bits per heavy atom. The summed E-state index contributed by atoms with van der Waals surface area (Å²) in [5.74, 6) is -5.72. The zero-order chi connectivity index (χ0) is 27.3. The van der Waals surface area contributed by atoms with Gasteiger partial charge < -0.3 is 10.1 Å². The van der Waals surface area contributed by atoms with Crippen LogP contribution < -0.4 is 10.1 Å². The van der Waals surface area contributed by atoms with Crippen LogP contribution in [0.2, 0.25) is 0 Å². The molecule has 0 saturated carbocycles. The molecule has 3 unspecified atom stereocenters. The van der Waals surface area contributed by atoms with Gasteiger partial charge in [-0.05, 0) is 17.2 Å². The van der Waals surface area contributed by atoms with Crippen LogP contribution in [0.5, 0.6) is 5.75 Å². The van der Waals surface area contributed by atoms with Gasteiger partial charge in [0.1, 0.15) is 5.75 Å². The molecule has 0 radical (unpaired) electrons. The van der Waals surface area contributed by atoms with E-state index in [9.17, 15) is 26.3 Å². The molecule has 1 heterocycles. The molecule has 1 N–H and O–H groups in total. The van der Waals surface area contributed by atoms with Crippen molar-refractivity contribution in [2.75, 3.05) is 26.7 Å². The van der Waals surface area contributed by atoms with E-state index in [2.05, 4.69) is 5.32 Å². The topological polar surface area (TPSA) is 24.5 Å². The SMILES string of the molecule is COc1ccccc1C(CNCc1ccccc1)N1CC(C(F)(F)F)C(c2ccccc2)C(C(F)(F)F)C1. The van der Waals surface area contributed by atoms with Gasteiger partial charge in [-0.25, -0.2) is 0 Å². The molecule has 3 aromatic carbocycles. The van der Waals surface area contributed by atoms with E-state index < -0.39 is 49.2 Å². The van der Waals surface area contributed by atoms with Crippen LogP contribution in [0.3, 0.4) is 0 Å². The third kappa shape index (κ3) is 6.50. The van der Waals surface area contributed by atoms with Crippen molar-refractivity contribution < 1.29 is 31.1 Å². The van der Waals surface area contributed by atoms with Crippen molar-refractivity contribution >= 4 is 0 Å². The Balaban J connectivity index is 1.72. The van der Waals surface area contributed by atoms with E-state index in [4.69, 9.17) is 4.74 Å². The number of nitrogens with one attached hydrogen (secondary N) is 1. The van der Waals surface area contributed by atoms with Crippen molar-refractivity contribution in [3.05, 3.63) is 102 Å². The summed E-state index contributed by atoms with van der Waals surface area (Å²) >= 11 is 0. The van der Waals surface area contributed by atoms with Gasteiger partial charge in [0, 0.05) is 37.7 Å². The van der Waals surface area contributed by atoms with Gasteiger partial charge in [0.15, 0.2) is 0 Å². The van der Waals surface area contributed by atoms with Crippen LogP contribution in [0.1, 0.15) is 28.7 Å². The maximum atomic E-state index is 14.5. The minimum atomic E-state index is -4.83. The maximum Gasteiger partial charge on any atom is 0.393 e. The molecule has 1 fully saturated rings. The van der Waals surface area contributed by atoms with Gasteiger partial charge in [-0.15, -0.1) is 0 Å². The van der Waals surface area contributed by atoms with Gasteiger partial charge >= 0.3 is 12.4 Å². The second-order valence-corrected chi connectivity index (χ2v) is 9.56. The lowest BCUT2D eigenvalue weighted by molar-refractivity contribution is -0.243. The molecule has 4 rings (SSSR count). The van der Waals surface area contributed by atoms with E-state index >= 15 is 0 Å². The lowest BCUT2D eigenvalue weighted by atomic mass is 9.72. The number of para-hydroxylation sites is 1. The van der Waals surface area contributed by atoms with Crippen LogP contribution in [0.15, 0.2) is 84.9 Å². The third-order valence-electron chi connectivity index (χ3n) is 7.20. The fourth-order valence-electron chi connectivity index (χ4n) is 5.42. The lowest BCUT2D eigenvalue weighted by Crippen LogP contribution is -2.55.